The smallest absolute Gasteiger partial charge is 0.410 e. The summed E-state index contributed by atoms with van der Waals surface area (Å²) in [5.74, 6) is -3.08. The number of sulfonamides is 1. The molecule has 16 heteroatoms. The van der Waals surface area contributed by atoms with Crippen molar-refractivity contribution in [3.05, 3.63) is 71.6 Å². The summed E-state index contributed by atoms with van der Waals surface area (Å²) in [7, 11) is -4.01. The normalized spacial score (nSPS) is 27.3. The minimum absolute atomic E-state index is 0.0121. The van der Waals surface area contributed by atoms with Crippen molar-refractivity contribution in [2.45, 2.75) is 113 Å². The van der Waals surface area contributed by atoms with Gasteiger partial charge in [0.2, 0.25) is 27.7 Å². The largest absolute Gasteiger partial charge is 0.444 e. The molecule has 7 rings (SSSR count). The number of carbonyl (C=O) groups excluding carboxylic acids is 5. The quantitative estimate of drug-likeness (QED) is 0.301. The van der Waals surface area contributed by atoms with Gasteiger partial charge in [0.15, 0.2) is 0 Å². The van der Waals surface area contributed by atoms with Gasteiger partial charge in [-0.05, 0) is 75.3 Å². The summed E-state index contributed by atoms with van der Waals surface area (Å²) in [4.78, 5) is 70.7. The van der Waals surface area contributed by atoms with E-state index in [1.165, 1.54) is 22.8 Å². The highest BCUT2D eigenvalue weighted by molar-refractivity contribution is 7.91. The lowest BCUT2D eigenvalue weighted by Gasteiger charge is -2.30. The Morgan fingerprint density at radius 1 is 1.02 bits per heavy atom. The maximum absolute atomic E-state index is 14.6. The Hall–Kier alpha value is -4.99. The van der Waals surface area contributed by atoms with E-state index in [9.17, 15) is 36.8 Å². The van der Waals surface area contributed by atoms with E-state index in [-0.39, 0.29) is 38.4 Å². The first-order chi connectivity index (χ1) is 26.2. The zero-order chi connectivity index (χ0) is 39.1. The molecule has 5 atom stereocenters. The molecule has 2 saturated carbocycles. The second-order valence-corrected chi connectivity index (χ2v) is 17.9. The number of anilines is 2. The number of hydrogen-bond acceptors (Lipinski definition) is 9. The van der Waals surface area contributed by atoms with Crippen LogP contribution in [0.25, 0.3) is 0 Å². The Bertz CT molecular complexity index is 2040. The molecule has 2 aliphatic carbocycles. The summed E-state index contributed by atoms with van der Waals surface area (Å²) in [5.41, 5.74) is 0.609. The number of nitrogens with one attached hydrogen (secondary N) is 4. The molecule has 0 aromatic heterocycles. The monoisotopic (exact) mass is 778 g/mol. The van der Waals surface area contributed by atoms with Crippen LogP contribution in [0.4, 0.5) is 20.6 Å². The molecule has 3 heterocycles. The second-order valence-electron chi connectivity index (χ2n) is 15.7. The van der Waals surface area contributed by atoms with Crippen molar-refractivity contribution in [3.63, 3.8) is 0 Å². The standard InChI is InChI=1S/C39H47FN6O8S/c1-24(47)41-27-12-9-13-28(18-27)42-32-15-7-5-3-4-6-11-26-20-39(26,36(50)44-55(52,53)38(2)16-17-38)43-34(48)33-19-29(22-46(33)35(32)49)54-37(51)45-21-25-10-8-14-31(40)30(25)23-45/h6,8-14,18,26,29,32-33,42H,3-5,7,15-17,19-23H2,1-2H3,(H,41,47)(H,43,48)(H,44,50)/t26-,29-,32+,33+,39-/m1/s1. The molecule has 14 nitrogen and oxygen atoms in total. The number of fused-ring (bicyclic) bond motifs is 3. The predicted molar refractivity (Wildman–Crippen MR) is 200 cm³/mol. The van der Waals surface area contributed by atoms with Gasteiger partial charge in [-0.3, -0.25) is 28.8 Å². The molecule has 3 aliphatic heterocycles. The Morgan fingerprint density at radius 3 is 2.53 bits per heavy atom. The summed E-state index contributed by atoms with van der Waals surface area (Å²) >= 11 is 0. The minimum Gasteiger partial charge on any atom is -0.444 e. The van der Waals surface area contributed by atoms with E-state index in [4.69, 9.17) is 4.74 Å². The molecule has 0 radical (unpaired) electrons. The third-order valence-corrected chi connectivity index (χ3v) is 13.6. The minimum atomic E-state index is -4.01. The summed E-state index contributed by atoms with van der Waals surface area (Å²) in [6.45, 7) is 2.99. The van der Waals surface area contributed by atoms with Gasteiger partial charge in [-0.2, -0.15) is 0 Å². The summed E-state index contributed by atoms with van der Waals surface area (Å²) in [6, 6.07) is 9.58. The molecule has 5 amide bonds. The number of carbonyl (C=O) groups is 5. The molecule has 0 unspecified atom stereocenters. The molecule has 0 bridgehead atoms. The van der Waals surface area contributed by atoms with Crippen LogP contribution in [0.1, 0.15) is 82.8 Å². The van der Waals surface area contributed by atoms with E-state index in [0.29, 0.717) is 54.6 Å². The summed E-state index contributed by atoms with van der Waals surface area (Å²) in [5, 5.41) is 8.88. The molecule has 55 heavy (non-hydrogen) atoms. The number of benzene rings is 2. The van der Waals surface area contributed by atoms with Crippen LogP contribution in [0.2, 0.25) is 0 Å². The van der Waals surface area contributed by atoms with Crippen molar-refractivity contribution in [3.8, 4) is 0 Å². The van der Waals surface area contributed by atoms with Gasteiger partial charge in [0.25, 0.3) is 5.91 Å². The first-order valence-electron chi connectivity index (χ1n) is 18.9. The Labute approximate surface area is 319 Å². The van der Waals surface area contributed by atoms with Crippen LogP contribution in [-0.2, 0) is 47.0 Å². The zero-order valence-electron chi connectivity index (χ0n) is 30.9. The number of allylic oxidation sites excluding steroid dienone is 1. The van der Waals surface area contributed by atoms with Crippen molar-refractivity contribution in [2.75, 3.05) is 17.2 Å². The Balaban J connectivity index is 1.16. The highest BCUT2D eigenvalue weighted by atomic mass is 32.2. The lowest BCUT2D eigenvalue weighted by atomic mass is 10.0. The first kappa shape index (κ1) is 38.3. The van der Waals surface area contributed by atoms with Crippen LogP contribution in [0.3, 0.4) is 0 Å². The lowest BCUT2D eigenvalue weighted by molar-refractivity contribution is -0.140. The van der Waals surface area contributed by atoms with E-state index in [0.717, 1.165) is 12.8 Å². The van der Waals surface area contributed by atoms with Gasteiger partial charge in [-0.25, -0.2) is 17.6 Å². The first-order valence-corrected chi connectivity index (χ1v) is 20.4. The van der Waals surface area contributed by atoms with E-state index < -0.39 is 74.0 Å². The maximum Gasteiger partial charge on any atom is 0.410 e. The van der Waals surface area contributed by atoms with Gasteiger partial charge in [-0.15, -0.1) is 0 Å². The molecular formula is C39H47FN6O8S. The van der Waals surface area contributed by atoms with Crippen LogP contribution < -0.4 is 20.7 Å². The maximum atomic E-state index is 14.6. The number of amides is 5. The van der Waals surface area contributed by atoms with Gasteiger partial charge in [-0.1, -0.05) is 43.2 Å². The average molecular weight is 779 g/mol. The molecule has 4 N–H and O–H groups in total. The van der Waals surface area contributed by atoms with Gasteiger partial charge in [0.1, 0.15) is 29.5 Å². The third kappa shape index (κ3) is 8.05. The van der Waals surface area contributed by atoms with Crippen LogP contribution in [0, 0.1) is 11.7 Å². The zero-order valence-corrected chi connectivity index (χ0v) is 31.8. The predicted octanol–water partition coefficient (Wildman–Crippen LogP) is 4.08. The molecule has 294 valence electrons. The fourth-order valence-electron chi connectivity index (χ4n) is 7.76. The number of ether oxygens (including phenoxy) is 1. The van der Waals surface area contributed by atoms with Crippen molar-refractivity contribution >= 4 is 51.1 Å². The third-order valence-electron chi connectivity index (χ3n) is 11.5. The van der Waals surface area contributed by atoms with E-state index in [2.05, 4.69) is 20.7 Å². The average Bonchev–Trinajstić information content (AvgIpc) is 3.92. The molecule has 0 spiro atoms. The molecule has 2 aromatic carbocycles. The molecule has 2 aromatic rings. The van der Waals surface area contributed by atoms with Gasteiger partial charge < -0.3 is 25.6 Å². The Morgan fingerprint density at radius 2 is 1.78 bits per heavy atom. The Kier molecular flexibility index (Phi) is 10.4. The van der Waals surface area contributed by atoms with Crippen molar-refractivity contribution in [1.82, 2.24) is 19.8 Å². The fraction of sp³-hybridized carbons (Fsp3) is 0.513. The van der Waals surface area contributed by atoms with Gasteiger partial charge in [0, 0.05) is 42.7 Å². The fourth-order valence-corrected chi connectivity index (χ4v) is 9.08. The topological polar surface area (TPSA) is 183 Å². The number of hydrogen-bond donors (Lipinski definition) is 4. The van der Waals surface area contributed by atoms with Crippen molar-refractivity contribution < 1.29 is 41.5 Å². The van der Waals surface area contributed by atoms with Crippen LogP contribution in [0.15, 0.2) is 54.6 Å². The van der Waals surface area contributed by atoms with E-state index in [1.807, 2.05) is 12.2 Å². The molecule has 3 fully saturated rings. The number of rotatable bonds is 7. The molecular weight excluding hydrogens is 732 g/mol. The highest BCUT2D eigenvalue weighted by Crippen LogP contribution is 2.47. The van der Waals surface area contributed by atoms with E-state index in [1.54, 1.807) is 43.3 Å². The summed E-state index contributed by atoms with van der Waals surface area (Å²) in [6.07, 6.45) is 6.43. The molecule has 1 saturated heterocycles. The molecule has 5 aliphatic rings. The lowest BCUT2D eigenvalue weighted by Crippen LogP contribution is -2.58. The number of halogens is 1. The van der Waals surface area contributed by atoms with Crippen molar-refractivity contribution in [1.29, 1.82) is 0 Å². The van der Waals surface area contributed by atoms with Gasteiger partial charge in [0.05, 0.1) is 17.8 Å². The second kappa shape index (κ2) is 14.9. The highest BCUT2D eigenvalue weighted by Gasteiger charge is 2.63. The SMILES string of the molecule is CC(=O)Nc1cccc(N[C@H]2CCCCCC=C[C@@H]3C[C@@]3(C(=O)NS(=O)(=O)C3(C)CC3)NC(=O)[C@@H]3C[C@@H](OC(=O)N4Cc5cccc(F)c5C4)CN3C2=O)c1. The van der Waals surface area contributed by atoms with Crippen LogP contribution in [-0.4, -0.2) is 83.0 Å². The number of nitrogens with zero attached hydrogens (tertiary/aromatic N) is 2. The summed E-state index contributed by atoms with van der Waals surface area (Å²) < 4.78 is 47.8. The van der Waals surface area contributed by atoms with Crippen molar-refractivity contribution in [2.24, 2.45) is 5.92 Å². The van der Waals surface area contributed by atoms with Gasteiger partial charge >= 0.3 is 6.09 Å². The van der Waals surface area contributed by atoms with Crippen LogP contribution >= 0.6 is 0 Å². The van der Waals surface area contributed by atoms with Crippen LogP contribution in [0.5, 0.6) is 0 Å². The van der Waals surface area contributed by atoms with E-state index >= 15 is 0 Å².